The van der Waals surface area contributed by atoms with Crippen molar-refractivity contribution in [1.29, 1.82) is 0 Å². The van der Waals surface area contributed by atoms with E-state index in [1.165, 1.54) is 17.2 Å². The Morgan fingerprint density at radius 1 is 1.03 bits per heavy atom. The van der Waals surface area contributed by atoms with E-state index in [9.17, 15) is 9.59 Å². The van der Waals surface area contributed by atoms with Gasteiger partial charge in [-0.3, -0.25) is 4.79 Å². The third-order valence-electron chi connectivity index (χ3n) is 5.54. The predicted octanol–water partition coefficient (Wildman–Crippen LogP) is 5.47. The highest BCUT2D eigenvalue weighted by Crippen LogP contribution is 2.29. The summed E-state index contributed by atoms with van der Waals surface area (Å²) in [5, 5.41) is 4.86. The highest BCUT2D eigenvalue weighted by molar-refractivity contribution is 5.92. The van der Waals surface area contributed by atoms with Crippen LogP contribution >= 0.6 is 0 Å². The number of fused-ring (bicyclic) bond motifs is 1. The average molecular weight is 494 g/mol. The summed E-state index contributed by atoms with van der Waals surface area (Å²) in [6, 6.07) is 22.7. The molecule has 37 heavy (non-hydrogen) atoms. The number of ether oxygens (including phenoxy) is 2. The zero-order valence-corrected chi connectivity index (χ0v) is 20.3. The van der Waals surface area contributed by atoms with Gasteiger partial charge in [0.05, 0.1) is 35.6 Å². The lowest BCUT2D eigenvalue weighted by Gasteiger charge is -2.12. The van der Waals surface area contributed by atoms with E-state index in [1.54, 1.807) is 66.7 Å². The standard InChI is InChI=1S/C29H23N3O5/c1-3-35-26-17-20(13-14-24(26)37-29(34)21-9-6-8-19(2)16-21)18-30-32-27(25-12-7-15-36-25)31-23-11-5-4-10-22(23)28(32)33/h4-18H,3H2,1-2H3/b30-18+. The zero-order chi connectivity index (χ0) is 25.8. The van der Waals surface area contributed by atoms with E-state index < -0.39 is 5.97 Å². The number of rotatable bonds is 7. The van der Waals surface area contributed by atoms with Gasteiger partial charge in [0.15, 0.2) is 17.3 Å². The number of furan rings is 1. The second kappa shape index (κ2) is 10.3. The molecule has 0 saturated heterocycles. The SMILES string of the molecule is CCOc1cc(/C=N/n2c(-c3ccco3)nc3ccccc3c2=O)ccc1OC(=O)c1cccc(C)c1. The number of para-hydroxylation sites is 1. The quantitative estimate of drug-likeness (QED) is 0.170. The first-order valence-corrected chi connectivity index (χ1v) is 11.7. The van der Waals surface area contributed by atoms with Crippen molar-refractivity contribution in [2.75, 3.05) is 6.61 Å². The van der Waals surface area contributed by atoms with Gasteiger partial charge in [-0.15, -0.1) is 0 Å². The van der Waals surface area contributed by atoms with Crippen LogP contribution in [-0.4, -0.2) is 28.5 Å². The van der Waals surface area contributed by atoms with Gasteiger partial charge in [0, 0.05) is 0 Å². The minimum absolute atomic E-state index is 0.277. The zero-order valence-electron chi connectivity index (χ0n) is 20.3. The van der Waals surface area contributed by atoms with Crippen LogP contribution in [0.5, 0.6) is 11.5 Å². The fourth-order valence-electron chi connectivity index (χ4n) is 3.81. The molecule has 8 nitrogen and oxygen atoms in total. The van der Waals surface area contributed by atoms with Crippen LogP contribution in [0.2, 0.25) is 0 Å². The number of hydrogen-bond donors (Lipinski definition) is 0. The van der Waals surface area contributed by atoms with E-state index in [4.69, 9.17) is 13.9 Å². The number of nitrogens with zero attached hydrogens (tertiary/aromatic N) is 3. The summed E-state index contributed by atoms with van der Waals surface area (Å²) in [5.74, 6) is 0.865. The topological polar surface area (TPSA) is 95.9 Å². The number of esters is 1. The monoisotopic (exact) mass is 493 g/mol. The first-order chi connectivity index (χ1) is 18.0. The molecule has 2 heterocycles. The molecule has 0 fully saturated rings. The van der Waals surface area contributed by atoms with Crippen LogP contribution in [0.1, 0.15) is 28.4 Å². The van der Waals surface area contributed by atoms with Gasteiger partial charge in [0.1, 0.15) is 0 Å². The number of aryl methyl sites for hydroxylation is 1. The molecular formula is C29H23N3O5. The van der Waals surface area contributed by atoms with Crippen molar-refractivity contribution in [3.63, 3.8) is 0 Å². The second-order valence-corrected chi connectivity index (χ2v) is 8.19. The smallest absolute Gasteiger partial charge is 0.343 e. The molecule has 0 spiro atoms. The molecule has 0 N–H and O–H groups in total. The molecule has 184 valence electrons. The van der Waals surface area contributed by atoms with Crippen molar-refractivity contribution in [2.45, 2.75) is 13.8 Å². The maximum atomic E-state index is 13.3. The van der Waals surface area contributed by atoms with Crippen LogP contribution in [0.3, 0.4) is 0 Å². The molecule has 0 aliphatic rings. The Labute approximate surface area is 212 Å². The minimum atomic E-state index is -0.483. The van der Waals surface area contributed by atoms with Gasteiger partial charge in [-0.1, -0.05) is 29.8 Å². The lowest BCUT2D eigenvalue weighted by molar-refractivity contribution is 0.0728. The van der Waals surface area contributed by atoms with Crippen molar-refractivity contribution in [1.82, 2.24) is 9.66 Å². The Hall–Kier alpha value is -4.98. The second-order valence-electron chi connectivity index (χ2n) is 8.19. The third-order valence-corrected chi connectivity index (χ3v) is 5.54. The molecule has 5 aromatic rings. The molecule has 3 aromatic carbocycles. The molecule has 0 radical (unpaired) electrons. The number of carbonyl (C=O) groups excluding carboxylic acids is 1. The van der Waals surface area contributed by atoms with Gasteiger partial charge in [0.25, 0.3) is 5.56 Å². The van der Waals surface area contributed by atoms with E-state index in [1.807, 2.05) is 26.0 Å². The molecule has 0 aliphatic carbocycles. The van der Waals surface area contributed by atoms with Crippen LogP contribution in [-0.2, 0) is 0 Å². The van der Waals surface area contributed by atoms with E-state index in [0.29, 0.717) is 40.1 Å². The summed E-state index contributed by atoms with van der Waals surface area (Å²) in [7, 11) is 0. The predicted molar refractivity (Wildman–Crippen MR) is 140 cm³/mol. The van der Waals surface area contributed by atoms with Gasteiger partial charge >= 0.3 is 5.97 Å². The van der Waals surface area contributed by atoms with Crippen molar-refractivity contribution in [2.24, 2.45) is 5.10 Å². The third kappa shape index (κ3) is 5.04. The summed E-state index contributed by atoms with van der Waals surface area (Å²) >= 11 is 0. The molecule has 2 aromatic heterocycles. The summed E-state index contributed by atoms with van der Waals surface area (Å²) in [5.41, 5.74) is 2.25. The molecular weight excluding hydrogens is 470 g/mol. The van der Waals surface area contributed by atoms with Gasteiger partial charge in [-0.25, -0.2) is 9.78 Å². The Morgan fingerprint density at radius 3 is 2.68 bits per heavy atom. The molecule has 0 unspecified atom stereocenters. The Balaban J connectivity index is 1.50. The van der Waals surface area contributed by atoms with E-state index >= 15 is 0 Å². The molecule has 0 bridgehead atoms. The van der Waals surface area contributed by atoms with Crippen LogP contribution < -0.4 is 15.0 Å². The molecule has 5 rings (SSSR count). The highest BCUT2D eigenvalue weighted by Gasteiger charge is 2.16. The van der Waals surface area contributed by atoms with Crippen LogP contribution in [0, 0.1) is 6.92 Å². The van der Waals surface area contributed by atoms with Crippen molar-refractivity contribution < 1.29 is 18.7 Å². The van der Waals surface area contributed by atoms with Gasteiger partial charge < -0.3 is 13.9 Å². The van der Waals surface area contributed by atoms with Crippen LogP contribution in [0.4, 0.5) is 0 Å². The minimum Gasteiger partial charge on any atom is -0.490 e. The Kier molecular flexibility index (Phi) is 6.63. The van der Waals surface area contributed by atoms with Crippen LogP contribution in [0.15, 0.2) is 99.4 Å². The number of carbonyl (C=O) groups is 1. The largest absolute Gasteiger partial charge is 0.490 e. The lowest BCUT2D eigenvalue weighted by atomic mass is 10.1. The summed E-state index contributed by atoms with van der Waals surface area (Å²) in [6.45, 7) is 4.11. The molecule has 0 atom stereocenters. The van der Waals surface area contributed by atoms with Crippen LogP contribution in [0.25, 0.3) is 22.5 Å². The molecule has 0 aliphatic heterocycles. The van der Waals surface area contributed by atoms with Crippen molar-refractivity contribution in [3.8, 4) is 23.1 Å². The normalized spacial score (nSPS) is 11.2. The van der Waals surface area contributed by atoms with Crippen molar-refractivity contribution >= 4 is 23.1 Å². The van der Waals surface area contributed by atoms with E-state index in [2.05, 4.69) is 10.1 Å². The molecule has 0 saturated carbocycles. The number of benzene rings is 3. The number of hydrogen-bond acceptors (Lipinski definition) is 7. The van der Waals surface area contributed by atoms with Gasteiger partial charge in [-0.05, 0) is 74.0 Å². The first kappa shape index (κ1) is 23.7. The van der Waals surface area contributed by atoms with Crippen molar-refractivity contribution in [3.05, 3.63) is 112 Å². The molecule has 8 heteroatoms. The first-order valence-electron chi connectivity index (χ1n) is 11.7. The summed E-state index contributed by atoms with van der Waals surface area (Å²) in [4.78, 5) is 30.5. The summed E-state index contributed by atoms with van der Waals surface area (Å²) in [6.07, 6.45) is 3.02. The van der Waals surface area contributed by atoms with E-state index in [-0.39, 0.29) is 17.1 Å². The van der Waals surface area contributed by atoms with Gasteiger partial charge in [-0.2, -0.15) is 9.78 Å². The highest BCUT2D eigenvalue weighted by atomic mass is 16.6. The van der Waals surface area contributed by atoms with E-state index in [0.717, 1.165) is 5.56 Å². The fourth-order valence-corrected chi connectivity index (χ4v) is 3.81. The molecule has 0 amide bonds. The maximum absolute atomic E-state index is 13.3. The Bertz CT molecular complexity index is 1670. The van der Waals surface area contributed by atoms with Gasteiger partial charge in [0.2, 0.25) is 5.82 Å². The number of aromatic nitrogens is 2. The maximum Gasteiger partial charge on any atom is 0.343 e. The Morgan fingerprint density at radius 2 is 1.89 bits per heavy atom. The average Bonchev–Trinajstić information content (AvgIpc) is 3.44. The summed E-state index contributed by atoms with van der Waals surface area (Å²) < 4.78 is 18.0. The fraction of sp³-hybridized carbons (Fsp3) is 0.103. The lowest BCUT2D eigenvalue weighted by Crippen LogP contribution is -2.20.